The lowest BCUT2D eigenvalue weighted by atomic mass is 10.2. The van der Waals surface area contributed by atoms with E-state index in [1.807, 2.05) is 66.7 Å². The number of nitrogens with one attached hydrogen (secondary N) is 1. The van der Waals surface area contributed by atoms with Crippen LogP contribution in [0.2, 0.25) is 5.02 Å². The van der Waals surface area contributed by atoms with Gasteiger partial charge in [-0.2, -0.15) is 0 Å². The first-order chi connectivity index (χ1) is 12.3. The Kier molecular flexibility index (Phi) is 6.18. The van der Waals surface area contributed by atoms with Crippen LogP contribution >= 0.6 is 11.6 Å². The highest BCUT2D eigenvalue weighted by Crippen LogP contribution is 2.16. The number of ether oxygens (including phenoxy) is 2. The van der Waals surface area contributed by atoms with E-state index in [0.717, 1.165) is 28.8 Å². The van der Waals surface area contributed by atoms with Crippen molar-refractivity contribution in [2.24, 2.45) is 0 Å². The zero-order valence-electron chi connectivity index (χ0n) is 13.8. The summed E-state index contributed by atoms with van der Waals surface area (Å²) in [5.41, 5.74) is 2.23. The molecule has 0 aliphatic carbocycles. The third-order valence-electron chi connectivity index (χ3n) is 3.63. The molecule has 1 N–H and O–H groups in total. The molecule has 0 heterocycles. The highest BCUT2D eigenvalue weighted by molar-refractivity contribution is 6.30. The molecule has 25 heavy (non-hydrogen) atoms. The molecule has 128 valence electrons. The van der Waals surface area contributed by atoms with E-state index in [0.29, 0.717) is 13.2 Å². The van der Waals surface area contributed by atoms with Gasteiger partial charge >= 0.3 is 0 Å². The Morgan fingerprint density at radius 3 is 1.92 bits per heavy atom. The fourth-order valence-corrected chi connectivity index (χ4v) is 2.44. The Morgan fingerprint density at radius 1 is 0.680 bits per heavy atom. The molecule has 0 amide bonds. The molecule has 0 aliphatic heterocycles. The van der Waals surface area contributed by atoms with Gasteiger partial charge in [0.05, 0.1) is 0 Å². The summed E-state index contributed by atoms with van der Waals surface area (Å²) in [5, 5.41) is 4.10. The molecule has 0 aliphatic rings. The highest BCUT2D eigenvalue weighted by Gasteiger charge is 1.98. The lowest BCUT2D eigenvalue weighted by Gasteiger charge is -2.10. The summed E-state index contributed by atoms with van der Waals surface area (Å²) in [6, 6.07) is 25.5. The van der Waals surface area contributed by atoms with Gasteiger partial charge in [0.15, 0.2) is 0 Å². The fourth-order valence-electron chi connectivity index (χ4n) is 2.31. The van der Waals surface area contributed by atoms with Crippen LogP contribution in [0.5, 0.6) is 11.5 Å². The van der Waals surface area contributed by atoms with Crippen molar-refractivity contribution in [1.82, 2.24) is 0 Å². The van der Waals surface area contributed by atoms with Crippen LogP contribution in [0.3, 0.4) is 0 Å². The standard InChI is InChI=1S/C21H20ClNO2/c22-18-8-10-19(11-9-18)23-16-17-6-12-21(13-7-17)25-15-14-24-20-4-2-1-3-5-20/h1-13,23H,14-16H2. The quantitative estimate of drug-likeness (QED) is 0.549. The number of rotatable bonds is 8. The van der Waals surface area contributed by atoms with Gasteiger partial charge in [0.25, 0.3) is 0 Å². The van der Waals surface area contributed by atoms with Gasteiger partial charge < -0.3 is 14.8 Å². The molecule has 0 saturated heterocycles. The number of benzene rings is 3. The summed E-state index contributed by atoms with van der Waals surface area (Å²) in [5.74, 6) is 1.70. The minimum Gasteiger partial charge on any atom is -0.490 e. The van der Waals surface area contributed by atoms with E-state index in [-0.39, 0.29) is 0 Å². The van der Waals surface area contributed by atoms with E-state index in [1.54, 1.807) is 0 Å². The molecule has 0 spiro atoms. The predicted molar refractivity (Wildman–Crippen MR) is 103 cm³/mol. The molecule has 3 rings (SSSR count). The first-order valence-electron chi connectivity index (χ1n) is 8.19. The van der Waals surface area contributed by atoms with Crippen LogP contribution in [0.15, 0.2) is 78.9 Å². The SMILES string of the molecule is Clc1ccc(NCc2ccc(OCCOc3ccccc3)cc2)cc1. The first kappa shape index (κ1) is 17.2. The smallest absolute Gasteiger partial charge is 0.122 e. The topological polar surface area (TPSA) is 30.5 Å². The maximum atomic E-state index is 5.88. The van der Waals surface area contributed by atoms with Crippen molar-refractivity contribution in [3.8, 4) is 11.5 Å². The van der Waals surface area contributed by atoms with Gasteiger partial charge in [-0.15, -0.1) is 0 Å². The van der Waals surface area contributed by atoms with Crippen molar-refractivity contribution in [1.29, 1.82) is 0 Å². The van der Waals surface area contributed by atoms with Gasteiger partial charge in [0.2, 0.25) is 0 Å². The van der Waals surface area contributed by atoms with Crippen molar-refractivity contribution in [3.05, 3.63) is 89.4 Å². The van der Waals surface area contributed by atoms with Gasteiger partial charge in [-0.25, -0.2) is 0 Å². The molecule has 0 aromatic heterocycles. The van der Waals surface area contributed by atoms with Gasteiger partial charge in [0, 0.05) is 17.3 Å². The maximum absolute atomic E-state index is 5.88. The van der Waals surface area contributed by atoms with Crippen LogP contribution in [-0.2, 0) is 6.54 Å². The molecular formula is C21H20ClNO2. The van der Waals surface area contributed by atoms with E-state index in [4.69, 9.17) is 21.1 Å². The summed E-state index contributed by atoms with van der Waals surface area (Å²) >= 11 is 5.88. The van der Waals surface area contributed by atoms with Gasteiger partial charge in [0.1, 0.15) is 24.7 Å². The number of para-hydroxylation sites is 1. The predicted octanol–water partition coefficient (Wildman–Crippen LogP) is 5.41. The Balaban J connectivity index is 1.40. The minimum atomic E-state index is 0.511. The molecular weight excluding hydrogens is 334 g/mol. The lowest BCUT2D eigenvalue weighted by molar-refractivity contribution is 0.217. The zero-order valence-corrected chi connectivity index (χ0v) is 14.6. The summed E-state index contributed by atoms with van der Waals surface area (Å²) in [7, 11) is 0. The van der Waals surface area contributed by atoms with Crippen molar-refractivity contribution in [2.45, 2.75) is 6.54 Å². The second kappa shape index (κ2) is 9.00. The van der Waals surface area contributed by atoms with Crippen molar-refractivity contribution in [2.75, 3.05) is 18.5 Å². The number of hydrogen-bond donors (Lipinski definition) is 1. The summed E-state index contributed by atoms with van der Waals surface area (Å²) in [6.07, 6.45) is 0. The average Bonchev–Trinajstić information content (AvgIpc) is 2.67. The van der Waals surface area contributed by atoms with Gasteiger partial charge in [-0.05, 0) is 54.1 Å². The van der Waals surface area contributed by atoms with Crippen molar-refractivity contribution in [3.63, 3.8) is 0 Å². The van der Waals surface area contributed by atoms with Crippen LogP contribution in [-0.4, -0.2) is 13.2 Å². The fraction of sp³-hybridized carbons (Fsp3) is 0.143. The number of halogens is 1. The molecule has 0 saturated carbocycles. The molecule has 3 aromatic rings. The Bertz CT molecular complexity index is 758. The Morgan fingerprint density at radius 2 is 1.28 bits per heavy atom. The molecule has 3 aromatic carbocycles. The number of hydrogen-bond acceptors (Lipinski definition) is 3. The Hall–Kier alpha value is -2.65. The maximum Gasteiger partial charge on any atom is 0.122 e. The normalized spacial score (nSPS) is 10.3. The Labute approximate surface area is 153 Å². The van der Waals surface area contributed by atoms with Gasteiger partial charge in [-0.3, -0.25) is 0 Å². The lowest BCUT2D eigenvalue weighted by Crippen LogP contribution is -2.09. The molecule has 0 fully saturated rings. The van der Waals surface area contributed by atoms with Gasteiger partial charge in [-0.1, -0.05) is 41.9 Å². The van der Waals surface area contributed by atoms with E-state index in [2.05, 4.69) is 17.4 Å². The first-order valence-corrected chi connectivity index (χ1v) is 8.56. The van der Waals surface area contributed by atoms with E-state index in [9.17, 15) is 0 Å². The number of anilines is 1. The van der Waals surface area contributed by atoms with Crippen LogP contribution in [0.25, 0.3) is 0 Å². The largest absolute Gasteiger partial charge is 0.490 e. The summed E-state index contributed by atoms with van der Waals surface area (Å²) < 4.78 is 11.3. The van der Waals surface area contributed by atoms with Crippen molar-refractivity contribution >= 4 is 17.3 Å². The molecule has 0 atom stereocenters. The third kappa shape index (κ3) is 5.73. The molecule has 0 radical (unpaired) electrons. The van der Waals surface area contributed by atoms with Crippen LogP contribution < -0.4 is 14.8 Å². The molecule has 3 nitrogen and oxygen atoms in total. The van der Waals surface area contributed by atoms with E-state index < -0.39 is 0 Å². The third-order valence-corrected chi connectivity index (χ3v) is 3.88. The molecule has 0 unspecified atom stereocenters. The van der Waals surface area contributed by atoms with Crippen molar-refractivity contribution < 1.29 is 9.47 Å². The van der Waals surface area contributed by atoms with Crippen LogP contribution in [0.4, 0.5) is 5.69 Å². The highest BCUT2D eigenvalue weighted by atomic mass is 35.5. The molecule has 4 heteroatoms. The summed E-state index contributed by atoms with van der Waals surface area (Å²) in [4.78, 5) is 0. The van der Waals surface area contributed by atoms with E-state index >= 15 is 0 Å². The monoisotopic (exact) mass is 353 g/mol. The van der Waals surface area contributed by atoms with E-state index in [1.165, 1.54) is 5.56 Å². The van der Waals surface area contributed by atoms with Crippen LogP contribution in [0.1, 0.15) is 5.56 Å². The summed E-state index contributed by atoms with van der Waals surface area (Å²) in [6.45, 7) is 1.78. The molecule has 0 bridgehead atoms. The second-order valence-electron chi connectivity index (χ2n) is 5.51. The minimum absolute atomic E-state index is 0.511. The average molecular weight is 354 g/mol. The zero-order chi connectivity index (χ0) is 17.3. The van der Waals surface area contributed by atoms with Crippen LogP contribution in [0, 0.1) is 0 Å². The second-order valence-corrected chi connectivity index (χ2v) is 5.95.